The molecule has 2 heterocycles. The maximum atomic E-state index is 2.82. The minimum atomic E-state index is 0.304. The van der Waals surface area contributed by atoms with Gasteiger partial charge >= 0.3 is 0 Å². The van der Waals surface area contributed by atoms with Gasteiger partial charge in [-0.15, -0.1) is 11.3 Å². The summed E-state index contributed by atoms with van der Waals surface area (Å²) in [5, 5.41) is 2.25. The van der Waals surface area contributed by atoms with Crippen molar-refractivity contribution in [3.63, 3.8) is 0 Å². The summed E-state index contributed by atoms with van der Waals surface area (Å²) in [6.45, 7) is 4.15. The van der Waals surface area contributed by atoms with E-state index in [2.05, 4.69) is 41.4 Å². The van der Waals surface area contributed by atoms with Crippen molar-refractivity contribution in [3.05, 3.63) is 22.4 Å². The molecule has 1 aromatic heterocycles. The van der Waals surface area contributed by atoms with Crippen LogP contribution in [0.4, 0.5) is 0 Å². The maximum Gasteiger partial charge on any atom is 0.0549 e. The van der Waals surface area contributed by atoms with Crippen LogP contribution in [0.5, 0.6) is 0 Å². The Balaban J connectivity index is 1.40. The first-order valence-electron chi connectivity index (χ1n) is 10.1. The van der Waals surface area contributed by atoms with Gasteiger partial charge in [-0.2, -0.15) is 0 Å². The molecule has 0 bridgehead atoms. The Hall–Kier alpha value is -0.380. The molecule has 24 heavy (non-hydrogen) atoms. The average molecular weight is 347 g/mol. The van der Waals surface area contributed by atoms with Crippen LogP contribution in [0.2, 0.25) is 0 Å². The lowest BCUT2D eigenvalue weighted by Crippen LogP contribution is -2.47. The molecule has 0 N–H and O–H groups in total. The van der Waals surface area contributed by atoms with E-state index in [1.165, 1.54) is 77.4 Å². The van der Waals surface area contributed by atoms with Gasteiger partial charge in [0, 0.05) is 18.0 Å². The molecule has 1 spiro atoms. The maximum absolute atomic E-state index is 2.82. The summed E-state index contributed by atoms with van der Waals surface area (Å²) in [7, 11) is 4.58. The van der Waals surface area contributed by atoms with E-state index < -0.39 is 0 Å². The van der Waals surface area contributed by atoms with Gasteiger partial charge in [-0.05, 0) is 88.4 Å². The highest BCUT2D eigenvalue weighted by Gasteiger charge is 2.48. The largest absolute Gasteiger partial charge is 0.302 e. The SMILES string of the molecule is CN(C)C1(c2cccs2)CCC2(CCN(CC3CCCC3)C2)CC1. The smallest absolute Gasteiger partial charge is 0.0549 e. The van der Waals surface area contributed by atoms with E-state index >= 15 is 0 Å². The van der Waals surface area contributed by atoms with Crippen molar-refractivity contribution < 1.29 is 0 Å². The van der Waals surface area contributed by atoms with Gasteiger partial charge in [-0.3, -0.25) is 4.90 Å². The number of nitrogens with zero attached hydrogens (tertiary/aromatic N) is 2. The molecule has 3 aliphatic rings. The van der Waals surface area contributed by atoms with E-state index in [0.29, 0.717) is 11.0 Å². The molecule has 3 fully saturated rings. The van der Waals surface area contributed by atoms with Crippen LogP contribution >= 0.6 is 11.3 Å². The highest BCUT2D eigenvalue weighted by molar-refractivity contribution is 7.10. The fraction of sp³-hybridized carbons (Fsp3) is 0.810. The number of hydrogen-bond donors (Lipinski definition) is 0. The lowest BCUT2D eigenvalue weighted by atomic mass is 9.66. The molecule has 2 aliphatic carbocycles. The highest BCUT2D eigenvalue weighted by Crippen LogP contribution is 2.52. The first-order valence-corrected chi connectivity index (χ1v) is 10.9. The average Bonchev–Trinajstić information content (AvgIpc) is 3.32. The third kappa shape index (κ3) is 3.08. The van der Waals surface area contributed by atoms with E-state index in [9.17, 15) is 0 Å². The van der Waals surface area contributed by atoms with Gasteiger partial charge in [-0.25, -0.2) is 0 Å². The molecule has 134 valence electrons. The Labute approximate surface area is 152 Å². The molecule has 2 nitrogen and oxygen atoms in total. The van der Waals surface area contributed by atoms with Crippen LogP contribution in [0.3, 0.4) is 0 Å². The van der Waals surface area contributed by atoms with Crippen molar-refractivity contribution in [2.24, 2.45) is 11.3 Å². The quantitative estimate of drug-likeness (QED) is 0.760. The predicted molar refractivity (Wildman–Crippen MR) is 104 cm³/mol. The molecule has 0 radical (unpaired) electrons. The first-order chi connectivity index (χ1) is 11.6. The van der Waals surface area contributed by atoms with Gasteiger partial charge < -0.3 is 4.90 Å². The second-order valence-electron chi connectivity index (χ2n) is 9.04. The molecule has 0 aromatic carbocycles. The molecular weight excluding hydrogens is 312 g/mol. The Bertz CT molecular complexity index is 522. The lowest BCUT2D eigenvalue weighted by molar-refractivity contribution is 0.0401. The van der Waals surface area contributed by atoms with E-state index in [1.54, 1.807) is 4.88 Å². The van der Waals surface area contributed by atoms with Crippen molar-refractivity contribution in [1.29, 1.82) is 0 Å². The Morgan fingerprint density at radius 3 is 2.50 bits per heavy atom. The summed E-state index contributed by atoms with van der Waals surface area (Å²) in [6, 6.07) is 4.60. The minimum Gasteiger partial charge on any atom is -0.302 e. The van der Waals surface area contributed by atoms with Gasteiger partial charge in [-0.1, -0.05) is 18.9 Å². The number of rotatable bonds is 4. The topological polar surface area (TPSA) is 6.48 Å². The van der Waals surface area contributed by atoms with E-state index in [4.69, 9.17) is 0 Å². The molecular formula is C21H34N2S. The Kier molecular flexibility index (Phi) is 4.79. The van der Waals surface area contributed by atoms with Crippen LogP contribution in [0.1, 0.15) is 62.7 Å². The predicted octanol–water partition coefficient (Wildman–Crippen LogP) is 4.96. The summed E-state index contributed by atoms with van der Waals surface area (Å²) in [6.07, 6.45) is 12.9. The zero-order valence-electron chi connectivity index (χ0n) is 15.6. The zero-order chi connectivity index (χ0) is 16.6. The Morgan fingerprint density at radius 2 is 1.88 bits per heavy atom. The molecule has 0 amide bonds. The fourth-order valence-electron chi connectivity index (χ4n) is 5.80. The van der Waals surface area contributed by atoms with Crippen LogP contribution in [0, 0.1) is 11.3 Å². The van der Waals surface area contributed by atoms with Gasteiger partial charge in [0.1, 0.15) is 0 Å². The molecule has 3 heteroatoms. The van der Waals surface area contributed by atoms with Crippen molar-refractivity contribution in [2.75, 3.05) is 33.7 Å². The van der Waals surface area contributed by atoms with Crippen LogP contribution in [0.25, 0.3) is 0 Å². The van der Waals surface area contributed by atoms with Gasteiger partial charge in [0.15, 0.2) is 0 Å². The normalized spacial score (nSPS) is 35.5. The van der Waals surface area contributed by atoms with Crippen molar-refractivity contribution >= 4 is 11.3 Å². The molecule has 2 saturated carbocycles. The summed E-state index contributed by atoms with van der Waals surface area (Å²) in [5.74, 6) is 1.01. The second kappa shape index (κ2) is 6.74. The minimum absolute atomic E-state index is 0.304. The molecule has 0 atom stereocenters. The van der Waals surface area contributed by atoms with Gasteiger partial charge in [0.25, 0.3) is 0 Å². The third-order valence-electron chi connectivity index (χ3n) is 7.48. The molecule has 1 aromatic rings. The lowest BCUT2D eigenvalue weighted by Gasteiger charge is -2.48. The second-order valence-corrected chi connectivity index (χ2v) is 9.99. The van der Waals surface area contributed by atoms with Crippen LogP contribution in [-0.2, 0) is 5.54 Å². The van der Waals surface area contributed by atoms with Gasteiger partial charge in [0.2, 0.25) is 0 Å². The molecule has 0 unspecified atom stereocenters. The fourth-order valence-corrected chi connectivity index (χ4v) is 6.87. The zero-order valence-corrected chi connectivity index (χ0v) is 16.4. The van der Waals surface area contributed by atoms with Crippen LogP contribution in [0.15, 0.2) is 17.5 Å². The van der Waals surface area contributed by atoms with Crippen molar-refractivity contribution in [2.45, 2.75) is 63.3 Å². The summed E-state index contributed by atoms with van der Waals surface area (Å²) in [5.41, 5.74) is 0.938. The monoisotopic (exact) mass is 346 g/mol. The van der Waals surface area contributed by atoms with Gasteiger partial charge in [0.05, 0.1) is 5.54 Å². The van der Waals surface area contributed by atoms with Crippen LogP contribution < -0.4 is 0 Å². The summed E-state index contributed by atoms with van der Waals surface area (Å²) < 4.78 is 0. The van der Waals surface area contributed by atoms with Crippen LogP contribution in [-0.4, -0.2) is 43.5 Å². The highest BCUT2D eigenvalue weighted by atomic mass is 32.1. The first kappa shape index (κ1) is 17.1. The summed E-state index contributed by atoms with van der Waals surface area (Å²) in [4.78, 5) is 6.92. The molecule has 1 aliphatic heterocycles. The number of hydrogen-bond acceptors (Lipinski definition) is 3. The van der Waals surface area contributed by atoms with Crippen molar-refractivity contribution in [3.8, 4) is 0 Å². The molecule has 4 rings (SSSR count). The third-order valence-corrected chi connectivity index (χ3v) is 8.55. The molecule has 1 saturated heterocycles. The van der Waals surface area contributed by atoms with Crippen molar-refractivity contribution in [1.82, 2.24) is 9.80 Å². The Morgan fingerprint density at radius 1 is 1.12 bits per heavy atom. The number of likely N-dealkylation sites (tertiary alicyclic amines) is 1. The van der Waals surface area contributed by atoms with E-state index in [-0.39, 0.29) is 0 Å². The van der Waals surface area contributed by atoms with E-state index in [0.717, 1.165) is 5.92 Å². The van der Waals surface area contributed by atoms with E-state index in [1.807, 2.05) is 11.3 Å². The summed E-state index contributed by atoms with van der Waals surface area (Å²) >= 11 is 1.96. The number of thiophene rings is 1. The standard InChI is InChI=1S/C21H34N2S/c1-22(2)21(19-8-5-15-24-19)11-9-20(10-12-21)13-14-23(17-20)16-18-6-3-4-7-18/h5,8,15,18H,3-4,6-7,9-14,16-17H2,1-2H3.